The number of para-hydroxylation sites is 1. The van der Waals surface area contributed by atoms with Gasteiger partial charge in [0.1, 0.15) is 0 Å². The molecule has 2 aromatic carbocycles. The molecule has 2 aliphatic heterocycles. The van der Waals surface area contributed by atoms with E-state index in [4.69, 9.17) is 0 Å². The summed E-state index contributed by atoms with van der Waals surface area (Å²) in [5.41, 5.74) is 2.16. The maximum Gasteiger partial charge on any atom is 0.243 e. The summed E-state index contributed by atoms with van der Waals surface area (Å²) in [5.74, 6) is -0.240. The van der Waals surface area contributed by atoms with Gasteiger partial charge in [-0.05, 0) is 43.0 Å². The van der Waals surface area contributed by atoms with E-state index < -0.39 is 10.0 Å². The highest BCUT2D eigenvalue weighted by Crippen LogP contribution is 2.31. The average molecular weight is 370 g/mol. The summed E-state index contributed by atoms with van der Waals surface area (Å²) in [4.78, 5) is 15.2. The minimum atomic E-state index is -3.55. The quantitative estimate of drug-likeness (QED) is 0.835. The van der Waals surface area contributed by atoms with Gasteiger partial charge in [-0.2, -0.15) is 4.31 Å². The molecule has 0 N–H and O–H groups in total. The van der Waals surface area contributed by atoms with Gasteiger partial charge in [-0.1, -0.05) is 36.4 Å². The molecule has 1 saturated heterocycles. The Labute approximate surface area is 154 Å². The van der Waals surface area contributed by atoms with Gasteiger partial charge in [0.2, 0.25) is 15.9 Å². The molecule has 1 atom stereocenters. The first-order valence-electron chi connectivity index (χ1n) is 9.02. The van der Waals surface area contributed by atoms with E-state index in [1.54, 1.807) is 30.3 Å². The average Bonchev–Trinajstić information content (AvgIpc) is 3.12. The lowest BCUT2D eigenvalue weighted by Crippen LogP contribution is -2.46. The molecule has 6 heteroatoms. The standard InChI is InChI=1S/C20H22N2O3S/c23-20(22-14-12-16-7-4-5-11-19(16)22)17-8-6-13-21(15-17)26(24,25)18-9-2-1-3-10-18/h1-5,7,9-11,17H,6,8,12-15H2. The monoisotopic (exact) mass is 370 g/mol. The molecule has 1 unspecified atom stereocenters. The van der Waals surface area contributed by atoms with Gasteiger partial charge in [0.15, 0.2) is 0 Å². The van der Waals surface area contributed by atoms with Crippen LogP contribution in [0.1, 0.15) is 18.4 Å². The number of fused-ring (bicyclic) bond motifs is 1. The third kappa shape index (κ3) is 3.04. The fourth-order valence-corrected chi connectivity index (χ4v) is 5.44. The molecular weight excluding hydrogens is 348 g/mol. The zero-order valence-electron chi connectivity index (χ0n) is 14.5. The number of benzene rings is 2. The van der Waals surface area contributed by atoms with E-state index in [1.165, 1.54) is 9.87 Å². The van der Waals surface area contributed by atoms with Crippen LogP contribution in [0.25, 0.3) is 0 Å². The molecule has 1 fully saturated rings. The Morgan fingerprint density at radius 2 is 1.69 bits per heavy atom. The Bertz CT molecular complexity index is 912. The third-order valence-corrected chi connectivity index (χ3v) is 7.15. The zero-order chi connectivity index (χ0) is 18.1. The van der Waals surface area contributed by atoms with Gasteiger partial charge in [0.25, 0.3) is 0 Å². The van der Waals surface area contributed by atoms with E-state index in [1.807, 2.05) is 23.1 Å². The van der Waals surface area contributed by atoms with Crippen molar-refractivity contribution in [2.75, 3.05) is 24.5 Å². The molecule has 2 aliphatic rings. The van der Waals surface area contributed by atoms with Crippen LogP contribution in [0.2, 0.25) is 0 Å². The molecule has 0 aromatic heterocycles. The van der Waals surface area contributed by atoms with Crippen LogP contribution in [0, 0.1) is 5.92 Å². The van der Waals surface area contributed by atoms with Gasteiger partial charge < -0.3 is 4.90 Å². The lowest BCUT2D eigenvalue weighted by molar-refractivity contribution is -0.123. The number of nitrogens with zero attached hydrogens (tertiary/aromatic N) is 2. The van der Waals surface area contributed by atoms with Crippen molar-refractivity contribution in [1.82, 2.24) is 4.31 Å². The van der Waals surface area contributed by atoms with E-state index in [2.05, 4.69) is 6.07 Å². The first kappa shape index (κ1) is 17.2. The smallest absolute Gasteiger partial charge is 0.243 e. The molecule has 0 saturated carbocycles. The molecule has 4 rings (SSSR count). The number of carbonyl (C=O) groups excluding carboxylic acids is 1. The number of piperidine rings is 1. The summed E-state index contributed by atoms with van der Waals surface area (Å²) >= 11 is 0. The van der Waals surface area contributed by atoms with Gasteiger partial charge in [-0.3, -0.25) is 4.79 Å². The molecule has 26 heavy (non-hydrogen) atoms. The van der Waals surface area contributed by atoms with Crippen LogP contribution in [-0.4, -0.2) is 38.3 Å². The molecule has 2 heterocycles. The molecule has 0 bridgehead atoms. The van der Waals surface area contributed by atoms with Crippen molar-refractivity contribution in [3.63, 3.8) is 0 Å². The highest BCUT2D eigenvalue weighted by molar-refractivity contribution is 7.89. The molecule has 1 amide bonds. The molecule has 0 radical (unpaired) electrons. The fourth-order valence-electron chi connectivity index (χ4n) is 3.89. The van der Waals surface area contributed by atoms with Crippen LogP contribution >= 0.6 is 0 Å². The van der Waals surface area contributed by atoms with Gasteiger partial charge in [0, 0.05) is 25.3 Å². The second-order valence-electron chi connectivity index (χ2n) is 6.88. The van der Waals surface area contributed by atoms with E-state index in [0.717, 1.165) is 18.5 Å². The molecule has 2 aromatic rings. The minimum absolute atomic E-state index is 0.0444. The third-order valence-electron chi connectivity index (χ3n) is 5.27. The summed E-state index contributed by atoms with van der Waals surface area (Å²) in [6.07, 6.45) is 2.30. The first-order chi connectivity index (χ1) is 12.6. The normalized spacial score (nSPS) is 20.8. The number of rotatable bonds is 3. The van der Waals surface area contributed by atoms with Crippen molar-refractivity contribution in [3.8, 4) is 0 Å². The van der Waals surface area contributed by atoms with Gasteiger partial charge in [0.05, 0.1) is 10.8 Å². The first-order valence-corrected chi connectivity index (χ1v) is 10.5. The van der Waals surface area contributed by atoms with Gasteiger partial charge in [-0.25, -0.2) is 8.42 Å². The largest absolute Gasteiger partial charge is 0.312 e. The van der Waals surface area contributed by atoms with E-state index in [9.17, 15) is 13.2 Å². The van der Waals surface area contributed by atoms with E-state index >= 15 is 0 Å². The van der Waals surface area contributed by atoms with Crippen LogP contribution < -0.4 is 4.90 Å². The Kier molecular flexibility index (Phi) is 4.54. The predicted octanol–water partition coefficient (Wildman–Crippen LogP) is 2.68. The highest BCUT2D eigenvalue weighted by Gasteiger charge is 2.36. The van der Waals surface area contributed by atoms with E-state index in [0.29, 0.717) is 24.4 Å². The number of sulfonamides is 1. The second kappa shape index (κ2) is 6.85. The number of anilines is 1. The summed E-state index contributed by atoms with van der Waals surface area (Å²) in [6.45, 7) is 1.41. The summed E-state index contributed by atoms with van der Waals surface area (Å²) in [7, 11) is -3.55. The number of hydrogen-bond donors (Lipinski definition) is 0. The number of amides is 1. The van der Waals surface area contributed by atoms with Crippen LogP contribution in [0.15, 0.2) is 59.5 Å². The molecule has 136 valence electrons. The van der Waals surface area contributed by atoms with Crippen molar-refractivity contribution >= 4 is 21.6 Å². The van der Waals surface area contributed by atoms with Crippen molar-refractivity contribution in [2.45, 2.75) is 24.2 Å². The number of hydrogen-bond acceptors (Lipinski definition) is 3. The number of carbonyl (C=O) groups is 1. The van der Waals surface area contributed by atoms with Crippen molar-refractivity contribution in [3.05, 3.63) is 60.2 Å². The SMILES string of the molecule is O=C(C1CCCN(S(=O)(=O)c2ccccc2)C1)N1CCc2ccccc21. The molecule has 5 nitrogen and oxygen atoms in total. The van der Waals surface area contributed by atoms with Crippen molar-refractivity contribution in [2.24, 2.45) is 5.92 Å². The predicted molar refractivity (Wildman–Crippen MR) is 100 cm³/mol. The lowest BCUT2D eigenvalue weighted by Gasteiger charge is -2.33. The maximum absolute atomic E-state index is 13.1. The fraction of sp³-hybridized carbons (Fsp3) is 0.350. The molecule has 0 spiro atoms. The van der Waals surface area contributed by atoms with Crippen molar-refractivity contribution in [1.29, 1.82) is 0 Å². The van der Waals surface area contributed by atoms with Gasteiger partial charge in [-0.15, -0.1) is 0 Å². The Morgan fingerprint density at radius 1 is 0.962 bits per heavy atom. The van der Waals surface area contributed by atoms with Crippen LogP contribution in [0.3, 0.4) is 0 Å². The topological polar surface area (TPSA) is 57.7 Å². The maximum atomic E-state index is 13.1. The Hall–Kier alpha value is -2.18. The minimum Gasteiger partial charge on any atom is -0.312 e. The summed E-state index contributed by atoms with van der Waals surface area (Å²) in [5, 5.41) is 0. The highest BCUT2D eigenvalue weighted by atomic mass is 32.2. The van der Waals surface area contributed by atoms with Crippen LogP contribution in [-0.2, 0) is 21.2 Å². The van der Waals surface area contributed by atoms with Gasteiger partial charge >= 0.3 is 0 Å². The lowest BCUT2D eigenvalue weighted by atomic mass is 9.98. The second-order valence-corrected chi connectivity index (χ2v) is 8.82. The molecule has 0 aliphatic carbocycles. The summed E-state index contributed by atoms with van der Waals surface area (Å²) < 4.78 is 27.2. The molecular formula is C20H22N2O3S. The van der Waals surface area contributed by atoms with E-state index in [-0.39, 0.29) is 18.4 Å². The van der Waals surface area contributed by atoms with Crippen molar-refractivity contribution < 1.29 is 13.2 Å². The van der Waals surface area contributed by atoms with Crippen LogP contribution in [0.5, 0.6) is 0 Å². The zero-order valence-corrected chi connectivity index (χ0v) is 15.4. The Morgan fingerprint density at radius 3 is 2.50 bits per heavy atom. The van der Waals surface area contributed by atoms with Crippen LogP contribution in [0.4, 0.5) is 5.69 Å². The summed E-state index contributed by atoms with van der Waals surface area (Å²) in [6, 6.07) is 16.4. The Balaban J connectivity index is 1.53.